The molecule has 2 aromatic rings. The van der Waals surface area contributed by atoms with Gasteiger partial charge in [0.25, 0.3) is 5.91 Å². The summed E-state index contributed by atoms with van der Waals surface area (Å²) in [6, 6.07) is 6.99. The van der Waals surface area contributed by atoms with E-state index in [9.17, 15) is 9.59 Å². The van der Waals surface area contributed by atoms with Gasteiger partial charge < -0.3 is 10.0 Å². The van der Waals surface area contributed by atoms with Crippen LogP contribution in [0.3, 0.4) is 0 Å². The van der Waals surface area contributed by atoms with Crippen molar-refractivity contribution in [3.8, 4) is 0 Å². The Morgan fingerprint density at radius 2 is 1.85 bits per heavy atom. The minimum atomic E-state index is -0.983. The summed E-state index contributed by atoms with van der Waals surface area (Å²) in [5.74, 6) is -1.09. The average molecular weight is 377 g/mol. The smallest absolute Gasteiger partial charge is 0.328 e. The number of hydrogen-bond acceptors (Lipinski definition) is 4. The molecule has 1 aliphatic heterocycles. The molecule has 0 aliphatic carbocycles. The Kier molecular flexibility index (Phi) is 5.58. The Morgan fingerprint density at radius 1 is 1.19 bits per heavy atom. The number of aromatic nitrogens is 2. The summed E-state index contributed by atoms with van der Waals surface area (Å²) >= 11 is 5.91. The monoisotopic (exact) mass is 376 g/mol. The zero-order chi connectivity index (χ0) is 18.7. The number of benzene rings is 1. The molecule has 2 heterocycles. The van der Waals surface area contributed by atoms with Crippen molar-refractivity contribution in [3.63, 3.8) is 0 Å². The number of carboxylic acid groups (broad SMARTS) is 1. The summed E-state index contributed by atoms with van der Waals surface area (Å²) in [6.07, 6.45) is 2.93. The van der Waals surface area contributed by atoms with Gasteiger partial charge in [-0.2, -0.15) is 5.10 Å². The van der Waals surface area contributed by atoms with Crippen LogP contribution >= 0.6 is 11.6 Å². The van der Waals surface area contributed by atoms with Gasteiger partial charge in [0.15, 0.2) is 0 Å². The first-order valence-electron chi connectivity index (χ1n) is 8.47. The van der Waals surface area contributed by atoms with Crippen LogP contribution in [0.2, 0.25) is 5.02 Å². The molecular weight excluding hydrogens is 356 g/mol. The summed E-state index contributed by atoms with van der Waals surface area (Å²) in [5, 5.41) is 13.8. The molecule has 0 bridgehead atoms. The highest BCUT2D eigenvalue weighted by Crippen LogP contribution is 2.15. The number of halogens is 1. The lowest BCUT2D eigenvalue weighted by Gasteiger charge is -2.34. The lowest BCUT2D eigenvalue weighted by Crippen LogP contribution is -2.48. The van der Waals surface area contributed by atoms with Crippen molar-refractivity contribution < 1.29 is 14.7 Å². The Labute approximate surface area is 156 Å². The second kappa shape index (κ2) is 7.88. The molecular formula is C18H21ClN4O3. The van der Waals surface area contributed by atoms with Crippen molar-refractivity contribution in [2.45, 2.75) is 19.5 Å². The molecule has 1 aliphatic rings. The zero-order valence-corrected chi connectivity index (χ0v) is 15.3. The topological polar surface area (TPSA) is 78.7 Å². The third-order valence-electron chi connectivity index (χ3n) is 4.58. The van der Waals surface area contributed by atoms with E-state index in [0.29, 0.717) is 18.7 Å². The first-order valence-corrected chi connectivity index (χ1v) is 8.85. The van der Waals surface area contributed by atoms with Crippen molar-refractivity contribution in [2.24, 2.45) is 0 Å². The fraction of sp³-hybridized carbons (Fsp3) is 0.389. The highest BCUT2D eigenvalue weighted by Gasteiger charge is 2.24. The zero-order valence-electron chi connectivity index (χ0n) is 14.5. The highest BCUT2D eigenvalue weighted by molar-refractivity contribution is 6.30. The van der Waals surface area contributed by atoms with E-state index in [2.05, 4.69) is 10.00 Å². The van der Waals surface area contributed by atoms with Gasteiger partial charge in [-0.25, -0.2) is 4.79 Å². The van der Waals surface area contributed by atoms with Crippen LogP contribution in [0.5, 0.6) is 0 Å². The third-order valence-corrected chi connectivity index (χ3v) is 4.83. The minimum absolute atomic E-state index is 0.111. The van der Waals surface area contributed by atoms with Gasteiger partial charge in [-0.05, 0) is 24.6 Å². The standard InChI is InChI=1S/C18H21ClN4O3/c1-13(18(25)26)23-12-15(10-20-23)17(24)22-8-6-21(7-9-22)11-14-2-4-16(19)5-3-14/h2-5,10,12-13H,6-9,11H2,1H3,(H,25,26). The van der Waals surface area contributed by atoms with Gasteiger partial charge in [-0.1, -0.05) is 23.7 Å². The van der Waals surface area contributed by atoms with Crippen molar-refractivity contribution in [3.05, 3.63) is 52.8 Å². The quantitative estimate of drug-likeness (QED) is 0.864. The number of hydrogen-bond donors (Lipinski definition) is 1. The molecule has 7 nitrogen and oxygen atoms in total. The molecule has 0 spiro atoms. The van der Waals surface area contributed by atoms with E-state index in [1.807, 2.05) is 24.3 Å². The molecule has 3 rings (SSSR count). The summed E-state index contributed by atoms with van der Waals surface area (Å²) < 4.78 is 1.30. The van der Waals surface area contributed by atoms with E-state index < -0.39 is 12.0 Å². The number of aliphatic carboxylic acids is 1. The summed E-state index contributed by atoms with van der Waals surface area (Å²) in [5.41, 5.74) is 1.61. The molecule has 1 saturated heterocycles. The SMILES string of the molecule is CC(C(=O)O)n1cc(C(=O)N2CCN(Cc3ccc(Cl)cc3)CC2)cn1. The average Bonchev–Trinajstić information content (AvgIpc) is 3.13. The van der Waals surface area contributed by atoms with Crippen LogP contribution in [0.4, 0.5) is 0 Å². The summed E-state index contributed by atoms with van der Waals surface area (Å²) in [6.45, 7) is 5.19. The molecule has 1 atom stereocenters. The molecule has 1 aromatic carbocycles. The van der Waals surface area contributed by atoms with Gasteiger partial charge in [0.05, 0.1) is 11.8 Å². The van der Waals surface area contributed by atoms with E-state index in [-0.39, 0.29) is 5.91 Å². The van der Waals surface area contributed by atoms with E-state index >= 15 is 0 Å². The van der Waals surface area contributed by atoms with Crippen LogP contribution in [0.15, 0.2) is 36.7 Å². The lowest BCUT2D eigenvalue weighted by atomic mass is 10.2. The Hall–Kier alpha value is -2.38. The van der Waals surface area contributed by atoms with Gasteiger partial charge >= 0.3 is 5.97 Å². The van der Waals surface area contributed by atoms with Crippen LogP contribution in [-0.2, 0) is 11.3 Å². The number of nitrogens with zero attached hydrogens (tertiary/aromatic N) is 4. The number of rotatable bonds is 5. The van der Waals surface area contributed by atoms with E-state index in [4.69, 9.17) is 16.7 Å². The molecule has 0 radical (unpaired) electrons. The summed E-state index contributed by atoms with van der Waals surface area (Å²) in [7, 11) is 0. The predicted molar refractivity (Wildman–Crippen MR) is 97.2 cm³/mol. The van der Waals surface area contributed by atoms with Crippen molar-refractivity contribution >= 4 is 23.5 Å². The molecule has 1 fully saturated rings. The molecule has 1 amide bonds. The number of piperazine rings is 1. The molecule has 1 N–H and O–H groups in total. The van der Waals surface area contributed by atoms with Crippen molar-refractivity contribution in [1.82, 2.24) is 19.6 Å². The van der Waals surface area contributed by atoms with Gasteiger partial charge in [0.2, 0.25) is 0 Å². The van der Waals surface area contributed by atoms with E-state index in [1.165, 1.54) is 29.6 Å². The second-order valence-electron chi connectivity index (χ2n) is 6.42. The van der Waals surface area contributed by atoms with E-state index in [1.54, 1.807) is 4.90 Å². The van der Waals surface area contributed by atoms with Crippen molar-refractivity contribution in [2.75, 3.05) is 26.2 Å². The minimum Gasteiger partial charge on any atom is -0.480 e. The largest absolute Gasteiger partial charge is 0.480 e. The fourth-order valence-electron chi connectivity index (χ4n) is 2.91. The van der Waals surface area contributed by atoms with Crippen LogP contribution < -0.4 is 0 Å². The molecule has 138 valence electrons. The number of amides is 1. The first kappa shape index (κ1) is 18.4. The van der Waals surface area contributed by atoms with Crippen molar-refractivity contribution in [1.29, 1.82) is 0 Å². The molecule has 1 aromatic heterocycles. The molecule has 8 heteroatoms. The third kappa shape index (κ3) is 4.23. The maximum atomic E-state index is 12.6. The summed E-state index contributed by atoms with van der Waals surface area (Å²) in [4.78, 5) is 27.7. The Morgan fingerprint density at radius 3 is 2.46 bits per heavy atom. The fourth-order valence-corrected chi connectivity index (χ4v) is 3.04. The van der Waals surface area contributed by atoms with Crippen LogP contribution in [0.1, 0.15) is 28.9 Å². The molecule has 0 saturated carbocycles. The number of carbonyl (C=O) groups is 2. The maximum Gasteiger partial charge on any atom is 0.328 e. The second-order valence-corrected chi connectivity index (χ2v) is 6.85. The van der Waals surface area contributed by atoms with Crippen LogP contribution in [-0.4, -0.2) is 62.7 Å². The maximum absolute atomic E-state index is 12.6. The van der Waals surface area contributed by atoms with Gasteiger partial charge in [0, 0.05) is 43.9 Å². The Balaban J connectivity index is 1.55. The predicted octanol–water partition coefficient (Wildman–Crippen LogP) is 2.14. The van der Waals surface area contributed by atoms with Gasteiger partial charge in [0.1, 0.15) is 6.04 Å². The number of carbonyl (C=O) groups excluding carboxylic acids is 1. The molecule has 26 heavy (non-hydrogen) atoms. The Bertz CT molecular complexity index is 782. The van der Waals surface area contributed by atoms with Gasteiger partial charge in [-0.15, -0.1) is 0 Å². The van der Waals surface area contributed by atoms with Crippen LogP contribution in [0, 0.1) is 0 Å². The first-order chi connectivity index (χ1) is 12.4. The van der Waals surface area contributed by atoms with Crippen LogP contribution in [0.25, 0.3) is 0 Å². The lowest BCUT2D eigenvalue weighted by molar-refractivity contribution is -0.140. The van der Waals surface area contributed by atoms with Gasteiger partial charge in [-0.3, -0.25) is 14.4 Å². The highest BCUT2D eigenvalue weighted by atomic mass is 35.5. The van der Waals surface area contributed by atoms with E-state index in [0.717, 1.165) is 24.7 Å². The number of carboxylic acids is 1. The molecule has 1 unspecified atom stereocenters. The normalized spacial score (nSPS) is 16.5.